The number of nitrogens with one attached hydrogen (secondary N) is 1. The largest absolute Gasteiger partial charge is 0.463 e. The average molecular weight is 364 g/mol. The molecular weight excluding hydrogens is 340 g/mol. The number of amides is 1. The molecule has 2 aromatic carbocycles. The van der Waals surface area contributed by atoms with Crippen molar-refractivity contribution in [2.75, 3.05) is 26.2 Å². The molecule has 0 bridgehead atoms. The van der Waals surface area contributed by atoms with Crippen LogP contribution in [0.1, 0.15) is 22.3 Å². The number of ether oxygens (including phenoxy) is 1. The number of para-hydroxylation sites is 1. The minimum atomic E-state index is -0.123. The summed E-state index contributed by atoms with van der Waals surface area (Å²) in [5, 5.41) is 3.84. The maximum absolute atomic E-state index is 12.6. The Bertz CT molecular complexity index is 891. The van der Waals surface area contributed by atoms with Crippen molar-refractivity contribution >= 4 is 16.9 Å². The highest BCUT2D eigenvalue weighted by atomic mass is 16.5. The van der Waals surface area contributed by atoms with E-state index in [1.165, 1.54) is 11.8 Å². The number of hydrogen-bond donors (Lipinski definition) is 1. The molecule has 0 aliphatic carbocycles. The first-order chi connectivity index (χ1) is 13.3. The summed E-state index contributed by atoms with van der Waals surface area (Å²) in [4.78, 5) is 15.0. The van der Waals surface area contributed by atoms with E-state index in [0.717, 1.165) is 43.6 Å². The van der Waals surface area contributed by atoms with E-state index >= 15 is 0 Å². The van der Waals surface area contributed by atoms with E-state index in [9.17, 15) is 4.79 Å². The summed E-state index contributed by atoms with van der Waals surface area (Å²) in [5.74, 6) is -0.123. The van der Waals surface area contributed by atoms with E-state index in [1.807, 2.05) is 30.3 Å². The number of carbonyl (C=O) groups excluding carboxylic acids is 1. The Balaban J connectivity index is 1.36. The van der Waals surface area contributed by atoms with E-state index in [4.69, 9.17) is 9.15 Å². The zero-order valence-electron chi connectivity index (χ0n) is 15.3. The van der Waals surface area contributed by atoms with Gasteiger partial charge in [-0.3, -0.25) is 9.69 Å². The number of hydrogen-bond acceptors (Lipinski definition) is 4. The van der Waals surface area contributed by atoms with Crippen LogP contribution in [-0.2, 0) is 11.3 Å². The molecule has 0 spiro atoms. The molecule has 3 aromatic rings. The third kappa shape index (κ3) is 4.38. The molecule has 1 aromatic heterocycles. The first kappa shape index (κ1) is 17.8. The SMILES string of the molecule is O=C(NCC1CN(Cc2ccccc2)CCCO1)c1coc2ccccc12. The van der Waals surface area contributed by atoms with Crippen LogP contribution in [0, 0.1) is 0 Å². The average Bonchev–Trinajstić information content (AvgIpc) is 3.01. The van der Waals surface area contributed by atoms with Crippen LogP contribution in [0.5, 0.6) is 0 Å². The fourth-order valence-corrected chi connectivity index (χ4v) is 3.53. The Morgan fingerprint density at radius 1 is 1.11 bits per heavy atom. The molecule has 5 nitrogen and oxygen atoms in total. The predicted molar refractivity (Wildman–Crippen MR) is 105 cm³/mol. The summed E-state index contributed by atoms with van der Waals surface area (Å²) in [7, 11) is 0. The highest BCUT2D eigenvalue weighted by Gasteiger charge is 2.21. The Labute approximate surface area is 158 Å². The summed E-state index contributed by atoms with van der Waals surface area (Å²) in [6, 6.07) is 18.0. The lowest BCUT2D eigenvalue weighted by Crippen LogP contribution is -2.40. The predicted octanol–water partition coefficient (Wildman–Crippen LogP) is 3.45. The van der Waals surface area contributed by atoms with Crippen LogP contribution in [0.3, 0.4) is 0 Å². The zero-order chi connectivity index (χ0) is 18.5. The minimum absolute atomic E-state index is 0.0154. The molecule has 1 aliphatic rings. The van der Waals surface area contributed by atoms with E-state index in [0.29, 0.717) is 12.1 Å². The number of benzene rings is 2. The lowest BCUT2D eigenvalue weighted by atomic mass is 10.1. The maximum atomic E-state index is 12.6. The molecule has 4 rings (SSSR count). The van der Waals surface area contributed by atoms with E-state index in [-0.39, 0.29) is 12.0 Å². The Morgan fingerprint density at radius 3 is 2.81 bits per heavy atom. The van der Waals surface area contributed by atoms with Crippen LogP contribution in [0.4, 0.5) is 0 Å². The first-order valence-electron chi connectivity index (χ1n) is 9.42. The molecule has 1 unspecified atom stereocenters. The van der Waals surface area contributed by atoms with Gasteiger partial charge < -0.3 is 14.5 Å². The van der Waals surface area contributed by atoms with Crippen LogP contribution in [0.15, 0.2) is 65.3 Å². The van der Waals surface area contributed by atoms with Gasteiger partial charge in [0.25, 0.3) is 5.91 Å². The summed E-state index contributed by atoms with van der Waals surface area (Å²) >= 11 is 0. The molecule has 5 heteroatoms. The van der Waals surface area contributed by atoms with E-state index < -0.39 is 0 Å². The molecule has 27 heavy (non-hydrogen) atoms. The van der Waals surface area contributed by atoms with Crippen LogP contribution in [0.25, 0.3) is 11.0 Å². The van der Waals surface area contributed by atoms with Crippen molar-refractivity contribution in [1.82, 2.24) is 10.2 Å². The molecule has 1 amide bonds. The minimum Gasteiger partial charge on any atom is -0.463 e. The number of furan rings is 1. The molecule has 1 saturated heterocycles. The number of fused-ring (bicyclic) bond motifs is 1. The normalized spacial score (nSPS) is 18.3. The molecule has 0 radical (unpaired) electrons. The van der Waals surface area contributed by atoms with Gasteiger partial charge in [0.05, 0.1) is 11.7 Å². The summed E-state index contributed by atoms with van der Waals surface area (Å²) in [6.45, 7) is 3.93. The van der Waals surface area contributed by atoms with Gasteiger partial charge in [-0.05, 0) is 18.1 Å². The highest BCUT2D eigenvalue weighted by Crippen LogP contribution is 2.20. The van der Waals surface area contributed by atoms with Gasteiger partial charge in [-0.15, -0.1) is 0 Å². The Morgan fingerprint density at radius 2 is 1.93 bits per heavy atom. The van der Waals surface area contributed by atoms with Gasteiger partial charge in [-0.2, -0.15) is 0 Å². The molecular formula is C22H24N2O3. The van der Waals surface area contributed by atoms with Crippen molar-refractivity contribution < 1.29 is 13.9 Å². The summed E-state index contributed by atoms with van der Waals surface area (Å²) in [6.07, 6.45) is 2.51. The van der Waals surface area contributed by atoms with Crippen molar-refractivity contribution in [3.63, 3.8) is 0 Å². The van der Waals surface area contributed by atoms with Gasteiger partial charge >= 0.3 is 0 Å². The van der Waals surface area contributed by atoms with Crippen molar-refractivity contribution in [2.45, 2.75) is 19.1 Å². The highest BCUT2D eigenvalue weighted by molar-refractivity contribution is 6.05. The van der Waals surface area contributed by atoms with Crippen molar-refractivity contribution in [3.05, 3.63) is 72.0 Å². The van der Waals surface area contributed by atoms with Crippen LogP contribution in [0.2, 0.25) is 0 Å². The van der Waals surface area contributed by atoms with Gasteiger partial charge in [-0.25, -0.2) is 0 Å². The monoisotopic (exact) mass is 364 g/mol. The lowest BCUT2D eigenvalue weighted by molar-refractivity contribution is 0.0511. The fraction of sp³-hybridized carbons (Fsp3) is 0.318. The molecule has 0 saturated carbocycles. The van der Waals surface area contributed by atoms with Crippen LogP contribution < -0.4 is 5.32 Å². The Kier molecular flexibility index (Phi) is 5.51. The summed E-state index contributed by atoms with van der Waals surface area (Å²) < 4.78 is 11.4. The second-order valence-corrected chi connectivity index (χ2v) is 6.92. The number of nitrogens with zero attached hydrogens (tertiary/aromatic N) is 1. The lowest BCUT2D eigenvalue weighted by Gasteiger charge is -2.24. The zero-order valence-corrected chi connectivity index (χ0v) is 15.3. The molecule has 1 aliphatic heterocycles. The molecule has 1 N–H and O–H groups in total. The molecule has 1 atom stereocenters. The second kappa shape index (κ2) is 8.37. The van der Waals surface area contributed by atoms with Gasteiger partial charge in [0.15, 0.2) is 0 Å². The van der Waals surface area contributed by atoms with E-state index in [2.05, 4.69) is 34.5 Å². The van der Waals surface area contributed by atoms with Gasteiger partial charge in [0.1, 0.15) is 11.8 Å². The standard InChI is InChI=1S/C22H24N2O3/c25-22(20-16-27-21-10-5-4-9-19(20)21)23-13-18-15-24(11-6-12-26-18)14-17-7-2-1-3-8-17/h1-5,7-10,16,18H,6,11-15H2,(H,23,25). The van der Waals surface area contributed by atoms with Gasteiger partial charge in [0, 0.05) is 38.2 Å². The smallest absolute Gasteiger partial charge is 0.255 e. The maximum Gasteiger partial charge on any atom is 0.255 e. The van der Waals surface area contributed by atoms with Crippen LogP contribution in [-0.4, -0.2) is 43.2 Å². The molecule has 2 heterocycles. The summed E-state index contributed by atoms with van der Waals surface area (Å²) in [5.41, 5.74) is 2.59. The first-order valence-corrected chi connectivity index (χ1v) is 9.42. The van der Waals surface area contributed by atoms with Gasteiger partial charge in [0.2, 0.25) is 0 Å². The molecule has 1 fully saturated rings. The van der Waals surface area contributed by atoms with Crippen molar-refractivity contribution in [1.29, 1.82) is 0 Å². The van der Waals surface area contributed by atoms with Gasteiger partial charge in [-0.1, -0.05) is 48.5 Å². The number of carbonyl (C=O) groups is 1. The van der Waals surface area contributed by atoms with Crippen LogP contribution >= 0.6 is 0 Å². The van der Waals surface area contributed by atoms with E-state index in [1.54, 1.807) is 0 Å². The number of rotatable bonds is 5. The van der Waals surface area contributed by atoms with Crippen molar-refractivity contribution in [2.24, 2.45) is 0 Å². The topological polar surface area (TPSA) is 54.7 Å². The molecule has 140 valence electrons. The van der Waals surface area contributed by atoms with Crippen molar-refractivity contribution in [3.8, 4) is 0 Å². The third-order valence-electron chi connectivity index (χ3n) is 4.90. The third-order valence-corrected chi connectivity index (χ3v) is 4.90. The second-order valence-electron chi connectivity index (χ2n) is 6.92. The quantitative estimate of drug-likeness (QED) is 0.753. The Hall–Kier alpha value is -2.63. The fourth-order valence-electron chi connectivity index (χ4n) is 3.53.